The third-order valence-electron chi connectivity index (χ3n) is 4.65. The number of carbonyl (C=O) groups is 1. The Hall–Kier alpha value is -3.13. The first-order chi connectivity index (χ1) is 13.7. The van der Waals surface area contributed by atoms with Gasteiger partial charge in [-0.3, -0.25) is 9.20 Å². The van der Waals surface area contributed by atoms with Crippen LogP contribution in [0.15, 0.2) is 60.0 Å². The first-order valence-corrected chi connectivity index (χ1v) is 11.2. The number of benzene rings is 1. The molecule has 0 radical (unpaired) electrons. The fourth-order valence-corrected chi connectivity index (χ4v) is 4.23. The standard InChI is InChI=1S/C21H22N4O3S/c1-14(2)13-24-11-9-15-12-16(7-8-17(15)24)22-20(26)19-18-6-4-5-10-25(18)21(23-19)29(3,27)28/h4-12,14H,13H2,1-3H3,(H,22,26). The molecule has 0 spiro atoms. The molecule has 0 atom stereocenters. The van der Waals surface area contributed by atoms with Crippen LogP contribution in [0.5, 0.6) is 0 Å². The van der Waals surface area contributed by atoms with Crippen LogP contribution in [0.25, 0.3) is 16.4 Å². The summed E-state index contributed by atoms with van der Waals surface area (Å²) in [6, 6.07) is 12.8. The van der Waals surface area contributed by atoms with Crippen molar-refractivity contribution >= 4 is 37.9 Å². The van der Waals surface area contributed by atoms with Crippen molar-refractivity contribution in [2.45, 2.75) is 25.5 Å². The Morgan fingerprint density at radius 2 is 1.90 bits per heavy atom. The second-order valence-electron chi connectivity index (χ2n) is 7.56. The number of pyridine rings is 1. The minimum atomic E-state index is -3.58. The van der Waals surface area contributed by atoms with Gasteiger partial charge >= 0.3 is 0 Å². The lowest BCUT2D eigenvalue weighted by molar-refractivity contribution is 0.102. The van der Waals surface area contributed by atoms with Gasteiger partial charge in [0, 0.05) is 41.8 Å². The molecule has 1 amide bonds. The predicted molar refractivity (Wildman–Crippen MR) is 113 cm³/mol. The van der Waals surface area contributed by atoms with Crippen LogP contribution in [0, 0.1) is 5.92 Å². The first-order valence-electron chi connectivity index (χ1n) is 9.31. The third-order valence-corrected chi connectivity index (χ3v) is 5.60. The molecule has 1 N–H and O–H groups in total. The Bertz CT molecular complexity index is 1330. The highest BCUT2D eigenvalue weighted by atomic mass is 32.2. The first kappa shape index (κ1) is 19.2. The highest BCUT2D eigenvalue weighted by Crippen LogP contribution is 2.23. The van der Waals surface area contributed by atoms with E-state index < -0.39 is 15.7 Å². The Kier molecular flexibility index (Phi) is 4.66. The summed E-state index contributed by atoms with van der Waals surface area (Å²) >= 11 is 0. The zero-order chi connectivity index (χ0) is 20.8. The lowest BCUT2D eigenvalue weighted by Gasteiger charge is -2.09. The van der Waals surface area contributed by atoms with Crippen molar-refractivity contribution in [2.24, 2.45) is 5.92 Å². The molecule has 0 unspecified atom stereocenters. The largest absolute Gasteiger partial charge is 0.347 e. The molecule has 1 aromatic carbocycles. The Labute approximate surface area is 168 Å². The summed E-state index contributed by atoms with van der Waals surface area (Å²) < 4.78 is 27.7. The fraction of sp³-hybridized carbons (Fsp3) is 0.238. The van der Waals surface area contributed by atoms with Crippen LogP contribution < -0.4 is 5.32 Å². The number of fused-ring (bicyclic) bond motifs is 2. The van der Waals surface area contributed by atoms with Crippen molar-refractivity contribution in [3.63, 3.8) is 0 Å². The maximum Gasteiger partial charge on any atom is 0.276 e. The number of sulfone groups is 1. The van der Waals surface area contributed by atoms with E-state index >= 15 is 0 Å². The molecule has 4 aromatic rings. The molecule has 3 heterocycles. The average molecular weight is 410 g/mol. The smallest absolute Gasteiger partial charge is 0.276 e. The van der Waals surface area contributed by atoms with Crippen molar-refractivity contribution < 1.29 is 13.2 Å². The van der Waals surface area contributed by atoms with Crippen LogP contribution in [0.2, 0.25) is 0 Å². The van der Waals surface area contributed by atoms with Gasteiger partial charge in [0.05, 0.1) is 5.52 Å². The maximum atomic E-state index is 12.9. The normalized spacial score (nSPS) is 12.1. The molecule has 0 saturated heterocycles. The zero-order valence-corrected chi connectivity index (χ0v) is 17.3. The summed E-state index contributed by atoms with van der Waals surface area (Å²) in [5, 5.41) is 3.71. The molecule has 3 aromatic heterocycles. The number of nitrogens with zero attached hydrogens (tertiary/aromatic N) is 3. The fourth-order valence-electron chi connectivity index (χ4n) is 3.46. The van der Waals surface area contributed by atoms with Crippen LogP contribution >= 0.6 is 0 Å². The van der Waals surface area contributed by atoms with Gasteiger partial charge in [-0.1, -0.05) is 19.9 Å². The lowest BCUT2D eigenvalue weighted by Crippen LogP contribution is -2.13. The van der Waals surface area contributed by atoms with Crippen molar-refractivity contribution in [1.29, 1.82) is 0 Å². The Morgan fingerprint density at radius 3 is 2.62 bits per heavy atom. The molecule has 0 saturated carbocycles. The molecule has 0 fully saturated rings. The third kappa shape index (κ3) is 3.63. The summed E-state index contributed by atoms with van der Waals surface area (Å²) in [5.41, 5.74) is 2.24. The van der Waals surface area contributed by atoms with Gasteiger partial charge in [-0.15, -0.1) is 0 Å². The van der Waals surface area contributed by atoms with Gasteiger partial charge in [0.1, 0.15) is 0 Å². The van der Waals surface area contributed by atoms with Gasteiger partial charge in [0.25, 0.3) is 5.91 Å². The quantitative estimate of drug-likeness (QED) is 0.545. The second-order valence-corrected chi connectivity index (χ2v) is 9.47. The van der Waals surface area contributed by atoms with Crippen LogP contribution in [-0.4, -0.2) is 34.5 Å². The SMILES string of the molecule is CC(C)Cn1ccc2cc(NC(=O)c3nc(S(C)(=O)=O)n4ccccc34)ccc21. The van der Waals surface area contributed by atoms with E-state index in [0.29, 0.717) is 17.1 Å². The van der Waals surface area contributed by atoms with Gasteiger partial charge in [-0.25, -0.2) is 13.4 Å². The van der Waals surface area contributed by atoms with E-state index in [2.05, 4.69) is 28.7 Å². The van der Waals surface area contributed by atoms with Crippen LogP contribution in [0.1, 0.15) is 24.3 Å². The summed E-state index contributed by atoms with van der Waals surface area (Å²) in [7, 11) is -3.58. The topological polar surface area (TPSA) is 85.5 Å². The van der Waals surface area contributed by atoms with Crippen LogP contribution in [0.4, 0.5) is 5.69 Å². The molecular formula is C21H22N4O3S. The lowest BCUT2D eigenvalue weighted by atomic mass is 10.2. The Balaban J connectivity index is 1.68. The van der Waals surface area contributed by atoms with Crippen molar-refractivity contribution in [3.05, 3.63) is 60.6 Å². The maximum absolute atomic E-state index is 12.9. The number of hydrogen-bond acceptors (Lipinski definition) is 4. The molecule has 0 aliphatic rings. The number of amides is 1. The van der Waals surface area contributed by atoms with E-state index in [1.165, 1.54) is 4.40 Å². The highest BCUT2D eigenvalue weighted by Gasteiger charge is 2.22. The van der Waals surface area contributed by atoms with Gasteiger partial charge in [-0.2, -0.15) is 0 Å². The molecule has 0 aliphatic carbocycles. The molecule has 8 heteroatoms. The number of rotatable bonds is 5. The monoisotopic (exact) mass is 410 g/mol. The summed E-state index contributed by atoms with van der Waals surface area (Å²) in [5.74, 6) is 0.0766. The van der Waals surface area contributed by atoms with E-state index in [1.54, 1.807) is 24.4 Å². The van der Waals surface area contributed by atoms with E-state index in [1.807, 2.05) is 30.5 Å². The van der Waals surface area contributed by atoms with Gasteiger partial charge in [0.2, 0.25) is 15.0 Å². The summed E-state index contributed by atoms with van der Waals surface area (Å²) in [4.78, 5) is 17.0. The minimum Gasteiger partial charge on any atom is -0.347 e. The summed E-state index contributed by atoms with van der Waals surface area (Å²) in [6.45, 7) is 5.25. The number of imidazole rings is 1. The molecule has 7 nitrogen and oxygen atoms in total. The highest BCUT2D eigenvalue weighted by molar-refractivity contribution is 7.90. The number of anilines is 1. The molecule has 150 valence electrons. The Morgan fingerprint density at radius 1 is 1.10 bits per heavy atom. The number of aromatic nitrogens is 3. The van der Waals surface area contributed by atoms with Crippen LogP contribution in [-0.2, 0) is 16.4 Å². The van der Waals surface area contributed by atoms with Crippen molar-refractivity contribution in [1.82, 2.24) is 14.0 Å². The number of hydrogen-bond donors (Lipinski definition) is 1. The number of carbonyl (C=O) groups excluding carboxylic acids is 1. The predicted octanol–water partition coefficient (Wildman–Crippen LogP) is 3.60. The number of nitrogens with one attached hydrogen (secondary N) is 1. The van der Waals surface area contributed by atoms with E-state index in [4.69, 9.17) is 0 Å². The summed E-state index contributed by atoms with van der Waals surface area (Å²) in [6.07, 6.45) is 4.70. The van der Waals surface area contributed by atoms with Crippen LogP contribution in [0.3, 0.4) is 0 Å². The molecule has 0 aliphatic heterocycles. The van der Waals surface area contributed by atoms with Gasteiger partial charge < -0.3 is 9.88 Å². The van der Waals surface area contributed by atoms with Gasteiger partial charge in [0.15, 0.2) is 5.69 Å². The molecule has 4 rings (SSSR count). The molecule has 0 bridgehead atoms. The molecular weight excluding hydrogens is 388 g/mol. The van der Waals surface area contributed by atoms with E-state index in [9.17, 15) is 13.2 Å². The second kappa shape index (κ2) is 7.04. The van der Waals surface area contributed by atoms with E-state index in [0.717, 1.165) is 23.7 Å². The van der Waals surface area contributed by atoms with Crippen molar-refractivity contribution in [2.75, 3.05) is 11.6 Å². The van der Waals surface area contributed by atoms with Gasteiger partial charge in [-0.05, 0) is 42.3 Å². The zero-order valence-electron chi connectivity index (χ0n) is 16.5. The van der Waals surface area contributed by atoms with Crippen molar-refractivity contribution in [3.8, 4) is 0 Å². The van der Waals surface area contributed by atoms with E-state index in [-0.39, 0.29) is 10.9 Å². The average Bonchev–Trinajstić information content (AvgIpc) is 3.22. The minimum absolute atomic E-state index is 0.0727. The molecule has 29 heavy (non-hydrogen) atoms.